The number of hydrogen-bond donors (Lipinski definition) is 3. The number of nitrogens with one attached hydrogen (secondary N) is 3. The van der Waals surface area contributed by atoms with Gasteiger partial charge in [0, 0.05) is 19.1 Å². The maximum absolute atomic E-state index is 11.9. The number of guanidine groups is 1. The fourth-order valence-corrected chi connectivity index (χ4v) is 2.52. The van der Waals surface area contributed by atoms with Crippen LogP contribution in [0.15, 0.2) is 59.6 Å². The van der Waals surface area contributed by atoms with E-state index in [9.17, 15) is 4.79 Å². The standard InChI is InChI=1S/C22H30N4O2.HI/c1-22(2,3)26-20(27)15-25-21(23-4)24-14-18-11-8-12-19(13-18)28-16-17-9-6-5-7-10-17;/h5-13H,14-16H2,1-4H3,(H,26,27)(H2,23,24,25);1H. The number of halogens is 1. The van der Waals surface area contributed by atoms with E-state index in [1.54, 1.807) is 7.05 Å². The van der Waals surface area contributed by atoms with E-state index in [2.05, 4.69) is 20.9 Å². The Morgan fingerprint density at radius 1 is 1.00 bits per heavy atom. The molecule has 0 unspecified atom stereocenters. The van der Waals surface area contributed by atoms with Gasteiger partial charge < -0.3 is 20.7 Å². The molecule has 6 nitrogen and oxygen atoms in total. The molecule has 0 aliphatic heterocycles. The topological polar surface area (TPSA) is 74.8 Å². The lowest BCUT2D eigenvalue weighted by Gasteiger charge is -2.21. The summed E-state index contributed by atoms with van der Waals surface area (Å²) >= 11 is 0. The van der Waals surface area contributed by atoms with Gasteiger partial charge in [-0.05, 0) is 44.0 Å². The Kier molecular flexibility index (Phi) is 10.5. The van der Waals surface area contributed by atoms with Crippen LogP contribution in [0.5, 0.6) is 5.75 Å². The van der Waals surface area contributed by atoms with Crippen molar-refractivity contribution in [3.05, 3.63) is 65.7 Å². The third-order valence-electron chi connectivity index (χ3n) is 3.76. The van der Waals surface area contributed by atoms with Crippen molar-refractivity contribution in [1.82, 2.24) is 16.0 Å². The average molecular weight is 510 g/mol. The Bertz CT molecular complexity index is 789. The summed E-state index contributed by atoms with van der Waals surface area (Å²) in [7, 11) is 1.68. The third kappa shape index (κ3) is 10.2. The molecular weight excluding hydrogens is 479 g/mol. The number of carbonyl (C=O) groups is 1. The summed E-state index contributed by atoms with van der Waals surface area (Å²) < 4.78 is 5.86. The second kappa shape index (κ2) is 12.3. The summed E-state index contributed by atoms with van der Waals surface area (Å²) in [6.07, 6.45) is 0. The van der Waals surface area contributed by atoms with Crippen LogP contribution in [0.3, 0.4) is 0 Å². The Labute approximate surface area is 190 Å². The van der Waals surface area contributed by atoms with Gasteiger partial charge in [0.2, 0.25) is 5.91 Å². The lowest BCUT2D eigenvalue weighted by Crippen LogP contribution is -2.48. The first-order valence-corrected chi connectivity index (χ1v) is 9.37. The summed E-state index contributed by atoms with van der Waals surface area (Å²) in [5.74, 6) is 1.31. The zero-order valence-electron chi connectivity index (χ0n) is 17.5. The third-order valence-corrected chi connectivity index (χ3v) is 3.76. The first-order chi connectivity index (χ1) is 13.4. The van der Waals surface area contributed by atoms with Crippen LogP contribution >= 0.6 is 24.0 Å². The Morgan fingerprint density at radius 2 is 1.69 bits per heavy atom. The highest BCUT2D eigenvalue weighted by molar-refractivity contribution is 14.0. The molecular formula is C22H31IN4O2. The minimum Gasteiger partial charge on any atom is -0.489 e. The number of carbonyl (C=O) groups excluding carboxylic acids is 1. The normalized spacial score (nSPS) is 11.2. The lowest BCUT2D eigenvalue weighted by molar-refractivity contribution is -0.121. The predicted octanol–water partition coefficient (Wildman–Crippen LogP) is 3.46. The highest BCUT2D eigenvalue weighted by Crippen LogP contribution is 2.15. The maximum atomic E-state index is 11.9. The number of nitrogens with zero attached hydrogens (tertiary/aromatic N) is 1. The van der Waals surface area contributed by atoms with Crippen LogP contribution in [0.4, 0.5) is 0 Å². The summed E-state index contributed by atoms with van der Waals surface area (Å²) in [6, 6.07) is 18.0. The van der Waals surface area contributed by atoms with Crippen molar-refractivity contribution in [2.45, 2.75) is 39.5 Å². The van der Waals surface area contributed by atoms with E-state index >= 15 is 0 Å². The quantitative estimate of drug-likeness (QED) is 0.303. The largest absolute Gasteiger partial charge is 0.489 e. The molecule has 0 aliphatic carbocycles. The van der Waals surface area contributed by atoms with Gasteiger partial charge in [0.25, 0.3) is 0 Å². The van der Waals surface area contributed by atoms with E-state index in [1.165, 1.54) is 0 Å². The van der Waals surface area contributed by atoms with Crippen molar-refractivity contribution < 1.29 is 9.53 Å². The van der Waals surface area contributed by atoms with Crippen LogP contribution in [-0.2, 0) is 17.9 Å². The number of aliphatic imine (C=N–C) groups is 1. The number of ether oxygens (including phenoxy) is 1. The average Bonchev–Trinajstić information content (AvgIpc) is 2.66. The molecule has 0 saturated carbocycles. The van der Waals surface area contributed by atoms with E-state index in [-0.39, 0.29) is 42.0 Å². The molecule has 0 aromatic heterocycles. The van der Waals surface area contributed by atoms with Gasteiger partial charge in [0.1, 0.15) is 12.4 Å². The second-order valence-corrected chi connectivity index (χ2v) is 7.50. The van der Waals surface area contributed by atoms with Crippen molar-refractivity contribution in [2.75, 3.05) is 13.6 Å². The van der Waals surface area contributed by atoms with Crippen LogP contribution in [0.2, 0.25) is 0 Å². The van der Waals surface area contributed by atoms with E-state index < -0.39 is 0 Å². The molecule has 158 valence electrons. The maximum Gasteiger partial charge on any atom is 0.239 e. The monoisotopic (exact) mass is 510 g/mol. The molecule has 0 bridgehead atoms. The first-order valence-electron chi connectivity index (χ1n) is 9.37. The number of benzene rings is 2. The zero-order chi connectivity index (χ0) is 20.4. The molecule has 29 heavy (non-hydrogen) atoms. The SMILES string of the molecule is CN=C(NCC(=O)NC(C)(C)C)NCc1cccc(OCc2ccccc2)c1.I. The molecule has 0 aliphatic rings. The van der Waals surface area contributed by atoms with E-state index in [1.807, 2.05) is 75.4 Å². The van der Waals surface area contributed by atoms with Gasteiger partial charge in [0.05, 0.1) is 6.54 Å². The molecule has 0 saturated heterocycles. The van der Waals surface area contributed by atoms with E-state index in [4.69, 9.17) is 4.74 Å². The van der Waals surface area contributed by atoms with Crippen molar-refractivity contribution in [3.63, 3.8) is 0 Å². The minimum absolute atomic E-state index is 0. The number of amides is 1. The fourth-order valence-electron chi connectivity index (χ4n) is 2.52. The summed E-state index contributed by atoms with van der Waals surface area (Å²) in [4.78, 5) is 16.1. The van der Waals surface area contributed by atoms with Crippen LogP contribution < -0.4 is 20.7 Å². The smallest absolute Gasteiger partial charge is 0.239 e. The molecule has 7 heteroatoms. The van der Waals surface area contributed by atoms with Gasteiger partial charge in [-0.25, -0.2) is 0 Å². The molecule has 2 aromatic carbocycles. The number of hydrogen-bond acceptors (Lipinski definition) is 3. The van der Waals surface area contributed by atoms with Gasteiger partial charge in [-0.2, -0.15) is 0 Å². The van der Waals surface area contributed by atoms with Gasteiger partial charge in [0.15, 0.2) is 5.96 Å². The van der Waals surface area contributed by atoms with E-state index in [0.29, 0.717) is 19.1 Å². The Morgan fingerprint density at radius 3 is 2.34 bits per heavy atom. The van der Waals surface area contributed by atoms with Gasteiger partial charge in [-0.15, -0.1) is 24.0 Å². The summed E-state index contributed by atoms with van der Waals surface area (Å²) in [6.45, 7) is 7.12. The highest BCUT2D eigenvalue weighted by Gasteiger charge is 2.13. The molecule has 1 amide bonds. The first kappa shape index (κ1) is 24.7. The molecule has 2 aromatic rings. The lowest BCUT2D eigenvalue weighted by atomic mass is 10.1. The predicted molar refractivity (Wildman–Crippen MR) is 129 cm³/mol. The molecule has 0 heterocycles. The molecule has 2 rings (SSSR count). The van der Waals surface area contributed by atoms with E-state index in [0.717, 1.165) is 16.9 Å². The molecule has 0 radical (unpaired) electrons. The van der Waals surface area contributed by atoms with Crippen LogP contribution in [-0.4, -0.2) is 31.0 Å². The molecule has 0 fully saturated rings. The van der Waals surface area contributed by atoms with Crippen molar-refractivity contribution in [3.8, 4) is 5.75 Å². The molecule has 0 spiro atoms. The van der Waals surface area contributed by atoms with Crippen molar-refractivity contribution >= 4 is 35.8 Å². The fraction of sp³-hybridized carbons (Fsp3) is 0.364. The summed E-state index contributed by atoms with van der Waals surface area (Å²) in [5.41, 5.74) is 1.94. The van der Waals surface area contributed by atoms with Crippen molar-refractivity contribution in [2.24, 2.45) is 4.99 Å². The zero-order valence-corrected chi connectivity index (χ0v) is 19.8. The molecule has 0 atom stereocenters. The van der Waals surface area contributed by atoms with Gasteiger partial charge >= 0.3 is 0 Å². The second-order valence-electron chi connectivity index (χ2n) is 7.50. The van der Waals surface area contributed by atoms with Crippen molar-refractivity contribution in [1.29, 1.82) is 0 Å². The minimum atomic E-state index is -0.254. The van der Waals surface area contributed by atoms with Crippen LogP contribution in [0.1, 0.15) is 31.9 Å². The van der Waals surface area contributed by atoms with Crippen LogP contribution in [0.25, 0.3) is 0 Å². The molecule has 3 N–H and O–H groups in total. The Hall–Kier alpha value is -2.29. The van der Waals surface area contributed by atoms with Gasteiger partial charge in [-0.3, -0.25) is 9.79 Å². The van der Waals surface area contributed by atoms with Gasteiger partial charge in [-0.1, -0.05) is 42.5 Å². The summed E-state index contributed by atoms with van der Waals surface area (Å²) in [5, 5.41) is 9.13. The number of rotatable bonds is 7. The Balaban J connectivity index is 0.00000420. The highest BCUT2D eigenvalue weighted by atomic mass is 127. The van der Waals surface area contributed by atoms with Crippen LogP contribution in [0, 0.1) is 0 Å².